The SMILES string of the molecule is COCCCN1C2=C(C(=O)CCC2)C(c2ccc(OCc3ccccc3)c(OC)c2)C2=C1CCCC2=O. The first-order valence-corrected chi connectivity index (χ1v) is 13.3. The molecule has 6 nitrogen and oxygen atoms in total. The molecule has 1 aliphatic heterocycles. The molecule has 0 amide bonds. The molecule has 37 heavy (non-hydrogen) atoms. The van der Waals surface area contributed by atoms with E-state index in [1.807, 2.05) is 48.5 Å². The number of nitrogens with zero attached hydrogens (tertiary/aromatic N) is 1. The summed E-state index contributed by atoms with van der Waals surface area (Å²) in [7, 11) is 3.33. The maximum atomic E-state index is 13.5. The highest BCUT2D eigenvalue weighted by Crippen LogP contribution is 2.50. The Kier molecular flexibility index (Phi) is 7.75. The second-order valence-corrected chi connectivity index (χ2v) is 9.89. The third-order valence-electron chi connectivity index (χ3n) is 7.57. The number of carbonyl (C=O) groups excluding carboxylic acids is 2. The molecule has 3 aliphatic rings. The molecular weight excluding hydrogens is 466 g/mol. The van der Waals surface area contributed by atoms with E-state index in [9.17, 15) is 9.59 Å². The van der Waals surface area contributed by atoms with Gasteiger partial charge in [-0.1, -0.05) is 36.4 Å². The van der Waals surface area contributed by atoms with Crippen molar-refractivity contribution < 1.29 is 23.8 Å². The highest BCUT2D eigenvalue weighted by Gasteiger charge is 2.43. The van der Waals surface area contributed by atoms with Crippen LogP contribution >= 0.6 is 0 Å². The molecule has 0 N–H and O–H groups in total. The van der Waals surface area contributed by atoms with E-state index in [1.54, 1.807) is 14.2 Å². The largest absolute Gasteiger partial charge is 0.493 e. The molecule has 0 saturated carbocycles. The summed E-state index contributed by atoms with van der Waals surface area (Å²) in [6.07, 6.45) is 5.28. The van der Waals surface area contributed by atoms with Gasteiger partial charge in [-0.2, -0.15) is 0 Å². The zero-order valence-electron chi connectivity index (χ0n) is 21.8. The number of ether oxygens (including phenoxy) is 3. The van der Waals surface area contributed by atoms with Crippen LogP contribution < -0.4 is 9.47 Å². The first kappa shape index (κ1) is 25.3. The van der Waals surface area contributed by atoms with Gasteiger partial charge in [-0.15, -0.1) is 0 Å². The van der Waals surface area contributed by atoms with Gasteiger partial charge in [0.2, 0.25) is 0 Å². The zero-order valence-corrected chi connectivity index (χ0v) is 21.8. The van der Waals surface area contributed by atoms with Gasteiger partial charge < -0.3 is 19.1 Å². The van der Waals surface area contributed by atoms with Crippen LogP contribution in [0.5, 0.6) is 11.5 Å². The van der Waals surface area contributed by atoms with Crippen LogP contribution in [0.2, 0.25) is 0 Å². The van der Waals surface area contributed by atoms with Crippen LogP contribution in [-0.2, 0) is 20.9 Å². The lowest BCUT2D eigenvalue weighted by molar-refractivity contribution is -0.117. The minimum atomic E-state index is -0.360. The minimum absolute atomic E-state index is 0.149. The summed E-state index contributed by atoms with van der Waals surface area (Å²) in [5, 5.41) is 0. The Morgan fingerprint density at radius 1 is 0.838 bits per heavy atom. The number of allylic oxidation sites excluding steroid dienone is 4. The average molecular weight is 502 g/mol. The van der Waals surface area contributed by atoms with Gasteiger partial charge in [-0.05, 0) is 55.4 Å². The van der Waals surface area contributed by atoms with E-state index in [-0.39, 0.29) is 17.5 Å². The van der Waals surface area contributed by atoms with E-state index in [0.717, 1.165) is 72.3 Å². The molecule has 0 radical (unpaired) electrons. The summed E-state index contributed by atoms with van der Waals surface area (Å²) in [6.45, 7) is 1.83. The first-order valence-electron chi connectivity index (χ1n) is 13.3. The Labute approximate surface area is 218 Å². The monoisotopic (exact) mass is 501 g/mol. The van der Waals surface area contributed by atoms with Crippen molar-refractivity contribution in [3.8, 4) is 11.5 Å². The maximum absolute atomic E-state index is 13.5. The van der Waals surface area contributed by atoms with Crippen LogP contribution in [0.1, 0.15) is 62.0 Å². The third kappa shape index (κ3) is 5.08. The van der Waals surface area contributed by atoms with Crippen molar-refractivity contribution in [3.05, 3.63) is 82.2 Å². The van der Waals surface area contributed by atoms with Gasteiger partial charge in [-0.3, -0.25) is 9.59 Å². The molecule has 0 bridgehead atoms. The van der Waals surface area contributed by atoms with E-state index in [4.69, 9.17) is 14.2 Å². The summed E-state index contributed by atoms with van der Waals surface area (Å²) in [5.41, 5.74) is 5.74. The van der Waals surface area contributed by atoms with Crippen LogP contribution in [0.4, 0.5) is 0 Å². The molecule has 0 atom stereocenters. The van der Waals surface area contributed by atoms with Gasteiger partial charge in [0.15, 0.2) is 23.1 Å². The van der Waals surface area contributed by atoms with E-state index in [1.165, 1.54) is 0 Å². The van der Waals surface area contributed by atoms with Crippen molar-refractivity contribution in [1.29, 1.82) is 0 Å². The molecule has 0 fully saturated rings. The van der Waals surface area contributed by atoms with Crippen molar-refractivity contribution in [3.63, 3.8) is 0 Å². The molecule has 2 aromatic carbocycles. The van der Waals surface area contributed by atoms with Gasteiger partial charge in [0, 0.05) is 61.6 Å². The molecule has 1 heterocycles. The van der Waals surface area contributed by atoms with Crippen LogP contribution in [-0.4, -0.2) is 43.8 Å². The van der Waals surface area contributed by atoms with E-state index in [0.29, 0.717) is 37.6 Å². The van der Waals surface area contributed by atoms with Crippen molar-refractivity contribution in [2.75, 3.05) is 27.4 Å². The number of carbonyl (C=O) groups is 2. The van der Waals surface area contributed by atoms with Gasteiger partial charge in [0.05, 0.1) is 7.11 Å². The smallest absolute Gasteiger partial charge is 0.161 e. The van der Waals surface area contributed by atoms with Gasteiger partial charge in [-0.25, -0.2) is 0 Å². The quantitative estimate of drug-likeness (QED) is 0.409. The maximum Gasteiger partial charge on any atom is 0.161 e. The van der Waals surface area contributed by atoms with E-state index < -0.39 is 0 Å². The zero-order chi connectivity index (χ0) is 25.8. The third-order valence-corrected chi connectivity index (χ3v) is 7.57. The molecule has 2 aromatic rings. The summed E-state index contributed by atoms with van der Waals surface area (Å²) < 4.78 is 17.1. The second kappa shape index (κ2) is 11.3. The summed E-state index contributed by atoms with van der Waals surface area (Å²) >= 11 is 0. The Morgan fingerprint density at radius 2 is 1.51 bits per heavy atom. The number of hydrogen-bond acceptors (Lipinski definition) is 6. The molecule has 2 aliphatic carbocycles. The molecular formula is C31H35NO5. The Bertz CT molecular complexity index is 1190. The summed E-state index contributed by atoms with van der Waals surface area (Å²) in [4.78, 5) is 29.2. The normalized spacial score (nSPS) is 18.2. The fourth-order valence-electron chi connectivity index (χ4n) is 5.91. The summed E-state index contributed by atoms with van der Waals surface area (Å²) in [6, 6.07) is 15.8. The van der Waals surface area contributed by atoms with Crippen molar-refractivity contribution >= 4 is 11.6 Å². The second-order valence-electron chi connectivity index (χ2n) is 9.89. The Morgan fingerprint density at radius 3 is 2.14 bits per heavy atom. The Balaban J connectivity index is 1.55. The fraction of sp³-hybridized carbons (Fsp3) is 0.419. The molecule has 0 spiro atoms. The van der Waals surface area contributed by atoms with Crippen molar-refractivity contribution in [2.24, 2.45) is 0 Å². The number of rotatable bonds is 9. The fourth-order valence-corrected chi connectivity index (χ4v) is 5.91. The topological polar surface area (TPSA) is 65.1 Å². The average Bonchev–Trinajstić information content (AvgIpc) is 2.93. The van der Waals surface area contributed by atoms with Crippen LogP contribution in [0, 0.1) is 0 Å². The van der Waals surface area contributed by atoms with Gasteiger partial charge >= 0.3 is 0 Å². The Hall–Kier alpha value is -3.38. The lowest BCUT2D eigenvalue weighted by Gasteiger charge is -2.44. The lowest BCUT2D eigenvalue weighted by Crippen LogP contribution is -2.39. The molecule has 194 valence electrons. The molecule has 5 rings (SSSR count). The highest BCUT2D eigenvalue weighted by atomic mass is 16.5. The standard InChI is InChI=1S/C31H35NO5/c1-35-18-8-17-32-23-11-6-13-25(33)30(23)29(31-24(32)12-7-14-26(31)34)22-15-16-27(28(19-22)36-2)37-20-21-9-4-3-5-10-21/h3-5,9-10,15-16,19,29H,6-8,11-14,17-18,20H2,1-2H3. The predicted molar refractivity (Wildman–Crippen MR) is 141 cm³/mol. The van der Waals surface area contributed by atoms with Gasteiger partial charge in [0.1, 0.15) is 6.61 Å². The predicted octanol–water partition coefficient (Wildman–Crippen LogP) is 5.72. The van der Waals surface area contributed by atoms with Crippen LogP contribution in [0.15, 0.2) is 71.1 Å². The van der Waals surface area contributed by atoms with Crippen molar-refractivity contribution in [2.45, 2.75) is 57.5 Å². The lowest BCUT2D eigenvalue weighted by atomic mass is 9.71. The number of ketones is 2. The highest BCUT2D eigenvalue weighted by molar-refractivity contribution is 6.06. The molecule has 0 aromatic heterocycles. The van der Waals surface area contributed by atoms with E-state index >= 15 is 0 Å². The number of methoxy groups -OCH3 is 2. The summed E-state index contributed by atoms with van der Waals surface area (Å²) in [5.74, 6) is 1.18. The first-order chi connectivity index (χ1) is 18.1. The number of hydrogen-bond donors (Lipinski definition) is 0. The van der Waals surface area contributed by atoms with E-state index in [2.05, 4.69) is 4.90 Å². The minimum Gasteiger partial charge on any atom is -0.493 e. The van der Waals surface area contributed by atoms with Crippen molar-refractivity contribution in [1.82, 2.24) is 4.90 Å². The van der Waals surface area contributed by atoms with Crippen LogP contribution in [0.3, 0.4) is 0 Å². The number of Topliss-reactive ketones (excluding diaryl/α,β-unsaturated/α-hetero) is 2. The molecule has 0 saturated heterocycles. The van der Waals surface area contributed by atoms with Crippen LogP contribution in [0.25, 0.3) is 0 Å². The molecule has 0 unspecified atom stereocenters. The van der Waals surface area contributed by atoms with Gasteiger partial charge in [0.25, 0.3) is 0 Å². The number of benzene rings is 2. The molecule has 6 heteroatoms.